The van der Waals surface area contributed by atoms with E-state index in [1.54, 1.807) is 6.07 Å². The van der Waals surface area contributed by atoms with Gasteiger partial charge in [0.1, 0.15) is 22.9 Å². The smallest absolute Gasteiger partial charge is 0.433 e. The summed E-state index contributed by atoms with van der Waals surface area (Å²) >= 11 is 12.7. The van der Waals surface area contributed by atoms with Crippen molar-refractivity contribution in [3.8, 4) is 28.7 Å². The molecule has 0 bridgehead atoms. The molecule has 0 radical (unpaired) electrons. The van der Waals surface area contributed by atoms with Gasteiger partial charge in [-0.25, -0.2) is 4.79 Å². The van der Waals surface area contributed by atoms with Crippen LogP contribution in [-0.4, -0.2) is 42.2 Å². The summed E-state index contributed by atoms with van der Waals surface area (Å²) in [4.78, 5) is 29.4. The maximum absolute atomic E-state index is 13.6. The topological polar surface area (TPSA) is 113 Å². The lowest BCUT2D eigenvalue weighted by Crippen LogP contribution is -2.29. The molecule has 0 aliphatic carbocycles. The molecule has 0 aliphatic heterocycles. The molecule has 3 rings (SSSR count). The number of alkyl halides is 3. The fraction of sp³-hybridized carbons (Fsp3) is 0.200. The molecule has 1 atom stereocenters. The monoisotopic (exact) mass is 567 g/mol. The normalized spacial score (nSPS) is 11.9. The van der Waals surface area contributed by atoms with E-state index < -0.39 is 29.9 Å². The number of hydrogen-bond acceptors (Lipinski definition) is 6. The number of aromatic nitrogens is 1. The van der Waals surface area contributed by atoms with Crippen LogP contribution >= 0.6 is 23.2 Å². The largest absolute Gasteiger partial charge is 0.496 e. The van der Waals surface area contributed by atoms with Gasteiger partial charge >= 0.3 is 12.1 Å². The Bertz CT molecular complexity index is 1460. The second-order valence-corrected chi connectivity index (χ2v) is 8.62. The predicted octanol–water partition coefficient (Wildman–Crippen LogP) is 6.08. The summed E-state index contributed by atoms with van der Waals surface area (Å²) in [5, 5.41) is 18.8. The molecule has 1 heterocycles. The van der Waals surface area contributed by atoms with E-state index in [1.165, 1.54) is 51.4 Å². The third kappa shape index (κ3) is 5.77. The number of halogens is 5. The van der Waals surface area contributed by atoms with Crippen molar-refractivity contribution in [2.75, 3.05) is 19.1 Å². The minimum absolute atomic E-state index is 0.00936. The van der Waals surface area contributed by atoms with Gasteiger partial charge in [-0.05, 0) is 31.2 Å². The zero-order valence-electron chi connectivity index (χ0n) is 19.9. The fourth-order valence-corrected chi connectivity index (χ4v) is 4.00. The lowest BCUT2D eigenvalue weighted by Gasteiger charge is -2.24. The van der Waals surface area contributed by atoms with Gasteiger partial charge in [0, 0.05) is 30.4 Å². The molecule has 2 aromatic carbocycles. The van der Waals surface area contributed by atoms with Crippen LogP contribution in [0.5, 0.6) is 11.5 Å². The average Bonchev–Trinajstić information content (AvgIpc) is 2.86. The van der Waals surface area contributed by atoms with E-state index >= 15 is 0 Å². The summed E-state index contributed by atoms with van der Waals surface area (Å²) < 4.78 is 50.1. The molecule has 0 fully saturated rings. The number of carbonyl (C=O) groups is 2. The molecule has 1 amide bonds. The van der Waals surface area contributed by atoms with E-state index in [-0.39, 0.29) is 49.5 Å². The van der Waals surface area contributed by atoms with Crippen LogP contribution in [0.3, 0.4) is 0 Å². The molecule has 8 nitrogen and oxygen atoms in total. The zero-order valence-corrected chi connectivity index (χ0v) is 21.4. The SMILES string of the molecule is COc1cc(Cl)c(-c2cnc(C(F)(F)F)cc2C#N)cc1C(=O)N(C)c1c(Cl)cccc1OC(C)C(=O)O. The molecule has 38 heavy (non-hydrogen) atoms. The van der Waals surface area contributed by atoms with Gasteiger partial charge in [-0.2, -0.15) is 18.4 Å². The number of hydrogen-bond donors (Lipinski definition) is 1. The Kier molecular flexibility index (Phi) is 8.39. The van der Waals surface area contributed by atoms with Crippen molar-refractivity contribution in [1.29, 1.82) is 5.26 Å². The van der Waals surface area contributed by atoms with Gasteiger partial charge in [0.25, 0.3) is 5.91 Å². The summed E-state index contributed by atoms with van der Waals surface area (Å²) in [5.41, 5.74) is -1.65. The number of nitrogens with zero attached hydrogens (tertiary/aromatic N) is 3. The molecule has 0 saturated carbocycles. The third-order valence-corrected chi connectivity index (χ3v) is 5.98. The van der Waals surface area contributed by atoms with Crippen molar-refractivity contribution < 1.29 is 37.3 Å². The summed E-state index contributed by atoms with van der Waals surface area (Å²) in [6.07, 6.45) is -5.19. The van der Waals surface area contributed by atoms with Crippen LogP contribution in [0.1, 0.15) is 28.5 Å². The van der Waals surface area contributed by atoms with Gasteiger partial charge in [-0.3, -0.25) is 9.78 Å². The van der Waals surface area contributed by atoms with Gasteiger partial charge < -0.3 is 19.5 Å². The van der Waals surface area contributed by atoms with Gasteiger partial charge in [0.15, 0.2) is 6.10 Å². The number of nitriles is 1. The molecule has 0 saturated heterocycles. The van der Waals surface area contributed by atoms with Crippen LogP contribution in [0.15, 0.2) is 42.6 Å². The quantitative estimate of drug-likeness (QED) is 0.368. The molecule has 3 aromatic rings. The first-order valence-electron chi connectivity index (χ1n) is 10.6. The molecular formula is C25H18Cl2F3N3O5. The van der Waals surface area contributed by atoms with Gasteiger partial charge in [0.2, 0.25) is 0 Å². The second kappa shape index (κ2) is 11.2. The Morgan fingerprint density at radius 3 is 2.39 bits per heavy atom. The molecule has 13 heteroatoms. The number of rotatable bonds is 7. The Morgan fingerprint density at radius 1 is 1.13 bits per heavy atom. The number of pyridine rings is 1. The van der Waals surface area contributed by atoms with Crippen LogP contribution in [-0.2, 0) is 11.0 Å². The molecular weight excluding hydrogens is 550 g/mol. The zero-order chi connectivity index (χ0) is 28.4. The lowest BCUT2D eigenvalue weighted by molar-refractivity contribution is -0.144. The van der Waals surface area contributed by atoms with Gasteiger partial charge in [-0.1, -0.05) is 29.3 Å². The number of para-hydroxylation sites is 1. The van der Waals surface area contributed by atoms with E-state index in [1.807, 2.05) is 0 Å². The summed E-state index contributed by atoms with van der Waals surface area (Å²) in [5.74, 6) is -1.93. The standard InChI is InChI=1S/C25H18Cl2F3N3O5/c1-12(24(35)36)38-19-6-4-5-17(26)22(19)33(2)23(34)15-8-14(18(27)9-20(15)37-3)16-11-32-21(25(28,29)30)7-13(16)10-31/h4-9,11-12H,1-3H3,(H,35,36). The molecule has 1 aromatic heterocycles. The van der Waals surface area contributed by atoms with Crippen LogP contribution in [0.2, 0.25) is 10.0 Å². The number of carboxylic acids is 1. The highest BCUT2D eigenvalue weighted by molar-refractivity contribution is 6.35. The number of carboxylic acid groups (broad SMARTS) is 1. The van der Waals surface area contributed by atoms with Crippen LogP contribution in [0, 0.1) is 11.3 Å². The van der Waals surface area contributed by atoms with Crippen molar-refractivity contribution in [1.82, 2.24) is 4.98 Å². The highest BCUT2D eigenvalue weighted by atomic mass is 35.5. The lowest BCUT2D eigenvalue weighted by atomic mass is 9.98. The molecule has 0 aliphatic rings. The first kappa shape index (κ1) is 28.6. The number of ether oxygens (including phenoxy) is 2. The van der Waals surface area contributed by atoms with Gasteiger partial charge in [0.05, 0.1) is 34.4 Å². The number of methoxy groups -OCH3 is 1. The highest BCUT2D eigenvalue weighted by Gasteiger charge is 2.33. The number of benzene rings is 2. The van der Waals surface area contributed by atoms with Crippen molar-refractivity contribution in [2.45, 2.75) is 19.2 Å². The minimum Gasteiger partial charge on any atom is -0.496 e. The Balaban J connectivity index is 2.14. The highest BCUT2D eigenvalue weighted by Crippen LogP contribution is 2.40. The first-order valence-corrected chi connectivity index (χ1v) is 11.4. The summed E-state index contributed by atoms with van der Waals surface area (Å²) in [6, 6.07) is 9.21. The predicted molar refractivity (Wildman–Crippen MR) is 133 cm³/mol. The summed E-state index contributed by atoms with van der Waals surface area (Å²) in [6.45, 7) is 1.30. The number of amides is 1. The van der Waals surface area contributed by atoms with Crippen molar-refractivity contribution in [3.63, 3.8) is 0 Å². The molecule has 0 spiro atoms. The average molecular weight is 568 g/mol. The van der Waals surface area contributed by atoms with Crippen LogP contribution in [0.4, 0.5) is 18.9 Å². The molecule has 1 N–H and O–H groups in total. The number of anilines is 1. The summed E-state index contributed by atoms with van der Waals surface area (Å²) in [7, 11) is 2.64. The first-order chi connectivity index (χ1) is 17.8. The number of carbonyl (C=O) groups excluding carboxylic acids is 1. The molecule has 198 valence electrons. The maximum Gasteiger partial charge on any atom is 0.433 e. The van der Waals surface area contributed by atoms with Crippen LogP contribution in [0.25, 0.3) is 11.1 Å². The van der Waals surface area contributed by atoms with E-state index in [4.69, 9.17) is 32.7 Å². The van der Waals surface area contributed by atoms with Gasteiger partial charge in [-0.15, -0.1) is 0 Å². The van der Waals surface area contributed by atoms with E-state index in [0.29, 0.717) is 6.07 Å². The van der Waals surface area contributed by atoms with Crippen molar-refractivity contribution >= 4 is 40.8 Å². The fourth-order valence-electron chi connectivity index (χ4n) is 3.45. The van der Waals surface area contributed by atoms with Crippen molar-refractivity contribution in [2.24, 2.45) is 0 Å². The van der Waals surface area contributed by atoms with E-state index in [2.05, 4.69) is 4.98 Å². The molecule has 1 unspecified atom stereocenters. The van der Waals surface area contributed by atoms with E-state index in [9.17, 15) is 33.1 Å². The Labute approximate surface area is 224 Å². The number of aliphatic carboxylic acids is 1. The van der Waals surface area contributed by atoms with Crippen molar-refractivity contribution in [3.05, 3.63) is 69.5 Å². The minimum atomic E-state index is -4.77. The second-order valence-electron chi connectivity index (χ2n) is 7.81. The third-order valence-electron chi connectivity index (χ3n) is 5.37. The maximum atomic E-state index is 13.6. The van der Waals surface area contributed by atoms with Crippen LogP contribution < -0.4 is 14.4 Å². The van der Waals surface area contributed by atoms with E-state index in [0.717, 1.165) is 11.1 Å². The Morgan fingerprint density at radius 2 is 1.82 bits per heavy atom. The Hall–Kier alpha value is -4.01.